The largest absolute Gasteiger partial charge is 0.493 e. The molecule has 0 bridgehead atoms. The third-order valence-electron chi connectivity index (χ3n) is 3.84. The van der Waals surface area contributed by atoms with Crippen molar-refractivity contribution in [2.45, 2.75) is 13.1 Å². The van der Waals surface area contributed by atoms with E-state index in [9.17, 15) is 0 Å². The van der Waals surface area contributed by atoms with Gasteiger partial charge in [0.05, 0.1) is 13.7 Å². The molecule has 1 aliphatic rings. The van der Waals surface area contributed by atoms with Gasteiger partial charge in [-0.05, 0) is 29.8 Å². The van der Waals surface area contributed by atoms with Crippen molar-refractivity contribution >= 4 is 11.0 Å². The molecule has 118 valence electrons. The highest BCUT2D eigenvalue weighted by Gasteiger charge is 2.13. The van der Waals surface area contributed by atoms with Crippen LogP contribution >= 0.6 is 0 Å². The van der Waals surface area contributed by atoms with Gasteiger partial charge >= 0.3 is 0 Å². The van der Waals surface area contributed by atoms with E-state index in [-0.39, 0.29) is 0 Å². The Bertz CT molecular complexity index is 840. The monoisotopic (exact) mass is 311 g/mol. The summed E-state index contributed by atoms with van der Waals surface area (Å²) >= 11 is 0. The fourth-order valence-corrected chi connectivity index (χ4v) is 2.72. The SMILES string of the molecule is COc1cccc2cc(CNCc3ccc4c(c3)OCO4)oc12. The van der Waals surface area contributed by atoms with Gasteiger partial charge in [0.25, 0.3) is 0 Å². The maximum Gasteiger partial charge on any atom is 0.231 e. The number of methoxy groups -OCH3 is 1. The van der Waals surface area contributed by atoms with Crippen LogP contribution in [0.1, 0.15) is 11.3 Å². The highest BCUT2D eigenvalue weighted by atomic mass is 16.7. The molecule has 0 saturated carbocycles. The van der Waals surface area contributed by atoms with Crippen LogP contribution in [0.2, 0.25) is 0 Å². The number of nitrogens with one attached hydrogen (secondary N) is 1. The topological polar surface area (TPSA) is 52.9 Å². The molecule has 0 unspecified atom stereocenters. The van der Waals surface area contributed by atoms with E-state index in [1.54, 1.807) is 7.11 Å². The zero-order chi connectivity index (χ0) is 15.6. The first kappa shape index (κ1) is 14.0. The Labute approximate surface area is 133 Å². The molecule has 0 amide bonds. The molecule has 23 heavy (non-hydrogen) atoms. The fourth-order valence-electron chi connectivity index (χ4n) is 2.72. The Morgan fingerprint density at radius 3 is 2.87 bits per heavy atom. The lowest BCUT2D eigenvalue weighted by Crippen LogP contribution is -2.11. The van der Waals surface area contributed by atoms with Gasteiger partial charge in [-0.1, -0.05) is 18.2 Å². The van der Waals surface area contributed by atoms with Crippen LogP contribution in [0.3, 0.4) is 0 Å². The summed E-state index contributed by atoms with van der Waals surface area (Å²) in [6.45, 7) is 1.67. The fraction of sp³-hybridized carbons (Fsp3) is 0.222. The summed E-state index contributed by atoms with van der Waals surface area (Å²) < 4.78 is 21.9. The molecule has 1 aliphatic heterocycles. The molecular weight excluding hydrogens is 294 g/mol. The van der Waals surface area contributed by atoms with E-state index in [4.69, 9.17) is 18.6 Å². The Morgan fingerprint density at radius 1 is 1.04 bits per heavy atom. The van der Waals surface area contributed by atoms with Crippen LogP contribution in [0, 0.1) is 0 Å². The van der Waals surface area contributed by atoms with Crippen molar-refractivity contribution in [3.63, 3.8) is 0 Å². The van der Waals surface area contributed by atoms with Gasteiger partial charge in [-0.3, -0.25) is 0 Å². The second-order valence-electron chi connectivity index (χ2n) is 5.38. The van der Waals surface area contributed by atoms with Crippen LogP contribution in [-0.2, 0) is 13.1 Å². The molecule has 0 spiro atoms. The van der Waals surface area contributed by atoms with Gasteiger partial charge in [0, 0.05) is 11.9 Å². The lowest BCUT2D eigenvalue weighted by Gasteiger charge is -2.04. The normalized spacial score (nSPS) is 12.7. The van der Waals surface area contributed by atoms with E-state index in [0.29, 0.717) is 13.3 Å². The van der Waals surface area contributed by atoms with Gasteiger partial charge in [-0.15, -0.1) is 0 Å². The average Bonchev–Trinajstić information content (AvgIpc) is 3.20. The van der Waals surface area contributed by atoms with Crippen LogP contribution in [0.25, 0.3) is 11.0 Å². The lowest BCUT2D eigenvalue weighted by molar-refractivity contribution is 0.174. The van der Waals surface area contributed by atoms with Crippen molar-refractivity contribution in [3.05, 3.63) is 53.8 Å². The van der Waals surface area contributed by atoms with Crippen LogP contribution in [0.4, 0.5) is 0 Å². The number of hydrogen-bond acceptors (Lipinski definition) is 5. The second-order valence-corrected chi connectivity index (χ2v) is 5.38. The predicted molar refractivity (Wildman–Crippen MR) is 85.9 cm³/mol. The first-order valence-electron chi connectivity index (χ1n) is 7.48. The third-order valence-corrected chi connectivity index (χ3v) is 3.84. The van der Waals surface area contributed by atoms with Crippen LogP contribution in [0.15, 0.2) is 46.9 Å². The van der Waals surface area contributed by atoms with Crippen LogP contribution in [-0.4, -0.2) is 13.9 Å². The summed E-state index contributed by atoms with van der Waals surface area (Å²) in [5, 5.41) is 4.42. The Kier molecular flexibility index (Phi) is 3.55. The molecule has 0 saturated heterocycles. The molecule has 1 aromatic heterocycles. The Hall–Kier alpha value is -2.66. The van der Waals surface area contributed by atoms with Gasteiger partial charge in [0.2, 0.25) is 6.79 Å². The maximum absolute atomic E-state index is 5.87. The van der Waals surface area contributed by atoms with Gasteiger partial charge in [-0.25, -0.2) is 0 Å². The highest BCUT2D eigenvalue weighted by Crippen LogP contribution is 2.32. The highest BCUT2D eigenvalue weighted by molar-refractivity contribution is 5.83. The van der Waals surface area contributed by atoms with E-state index in [1.165, 1.54) is 0 Å². The Morgan fingerprint density at radius 2 is 1.96 bits per heavy atom. The van der Waals surface area contributed by atoms with E-state index < -0.39 is 0 Å². The standard InChI is InChI=1S/C18H17NO4/c1-20-16-4-2-3-13-8-14(23-18(13)16)10-19-9-12-5-6-15-17(7-12)22-11-21-15/h2-8,19H,9-11H2,1H3. The zero-order valence-electron chi connectivity index (χ0n) is 12.8. The summed E-state index contributed by atoms with van der Waals surface area (Å²) in [4.78, 5) is 0. The molecule has 1 N–H and O–H groups in total. The van der Waals surface area contributed by atoms with Crippen molar-refractivity contribution in [1.82, 2.24) is 5.32 Å². The molecule has 5 heteroatoms. The van der Waals surface area contributed by atoms with Gasteiger partial charge < -0.3 is 23.9 Å². The first-order valence-corrected chi connectivity index (χ1v) is 7.48. The summed E-state index contributed by atoms with van der Waals surface area (Å²) in [6.07, 6.45) is 0. The number of para-hydroxylation sites is 1. The predicted octanol–water partition coefficient (Wildman–Crippen LogP) is 3.46. The molecule has 0 atom stereocenters. The van der Waals surface area contributed by atoms with E-state index in [2.05, 4.69) is 5.32 Å². The van der Waals surface area contributed by atoms with E-state index in [0.717, 1.165) is 46.1 Å². The molecule has 3 aromatic rings. The number of hydrogen-bond donors (Lipinski definition) is 1. The summed E-state index contributed by atoms with van der Waals surface area (Å²) in [5.74, 6) is 3.24. The van der Waals surface area contributed by atoms with Crippen molar-refractivity contribution in [1.29, 1.82) is 0 Å². The lowest BCUT2D eigenvalue weighted by atomic mass is 10.2. The minimum absolute atomic E-state index is 0.299. The first-order chi connectivity index (χ1) is 11.3. The van der Waals surface area contributed by atoms with E-state index in [1.807, 2.05) is 42.5 Å². The van der Waals surface area contributed by atoms with Crippen molar-refractivity contribution < 1.29 is 18.6 Å². The number of benzene rings is 2. The quantitative estimate of drug-likeness (QED) is 0.782. The molecule has 0 aliphatic carbocycles. The number of fused-ring (bicyclic) bond motifs is 2. The summed E-state index contributed by atoms with van der Waals surface area (Å²) in [7, 11) is 1.65. The number of ether oxygens (including phenoxy) is 3. The minimum Gasteiger partial charge on any atom is -0.493 e. The van der Waals surface area contributed by atoms with E-state index >= 15 is 0 Å². The second kappa shape index (κ2) is 5.85. The van der Waals surface area contributed by atoms with Crippen molar-refractivity contribution in [2.24, 2.45) is 0 Å². The third kappa shape index (κ3) is 2.71. The number of furan rings is 1. The molecule has 5 nitrogen and oxygen atoms in total. The molecule has 0 radical (unpaired) electrons. The summed E-state index contributed by atoms with van der Waals surface area (Å²) in [6, 6.07) is 13.9. The van der Waals surface area contributed by atoms with Crippen molar-refractivity contribution in [2.75, 3.05) is 13.9 Å². The average molecular weight is 311 g/mol. The Balaban J connectivity index is 1.43. The van der Waals surface area contributed by atoms with Gasteiger partial charge in [0.1, 0.15) is 5.76 Å². The van der Waals surface area contributed by atoms with Gasteiger partial charge in [0.15, 0.2) is 22.8 Å². The minimum atomic E-state index is 0.299. The molecule has 4 rings (SSSR count). The molecule has 2 aromatic carbocycles. The van der Waals surface area contributed by atoms with Gasteiger partial charge in [-0.2, -0.15) is 0 Å². The molecular formula is C18H17NO4. The maximum atomic E-state index is 5.87. The zero-order valence-corrected chi connectivity index (χ0v) is 12.8. The smallest absolute Gasteiger partial charge is 0.231 e. The van der Waals surface area contributed by atoms with Crippen LogP contribution in [0.5, 0.6) is 17.2 Å². The number of rotatable bonds is 5. The van der Waals surface area contributed by atoms with Crippen molar-refractivity contribution in [3.8, 4) is 17.2 Å². The summed E-state index contributed by atoms with van der Waals surface area (Å²) in [5.41, 5.74) is 1.93. The molecule has 2 heterocycles. The molecule has 0 fully saturated rings. The van der Waals surface area contributed by atoms with Crippen LogP contribution < -0.4 is 19.5 Å².